The molecule has 1 amide bonds. The SMILES string of the molecule is CCN1CCN(C(=O)CN(c2cc(C)ccc2C)S(C)(=O)=O)CC1. The van der Waals surface area contributed by atoms with Crippen LogP contribution in [0, 0.1) is 13.8 Å². The quantitative estimate of drug-likeness (QED) is 0.799. The number of benzene rings is 1. The first-order valence-electron chi connectivity index (χ1n) is 8.27. The number of hydrogen-bond acceptors (Lipinski definition) is 4. The topological polar surface area (TPSA) is 60.9 Å². The van der Waals surface area contributed by atoms with Crippen molar-refractivity contribution in [3.63, 3.8) is 0 Å². The van der Waals surface area contributed by atoms with Crippen molar-refractivity contribution >= 4 is 21.6 Å². The van der Waals surface area contributed by atoms with E-state index in [0.717, 1.165) is 37.0 Å². The molecular formula is C17H27N3O3S. The number of carbonyl (C=O) groups excluding carboxylic acids is 1. The molecule has 1 aromatic rings. The molecule has 0 N–H and O–H groups in total. The second-order valence-electron chi connectivity index (χ2n) is 6.37. The highest BCUT2D eigenvalue weighted by Gasteiger charge is 2.27. The number of hydrogen-bond donors (Lipinski definition) is 0. The van der Waals surface area contributed by atoms with Gasteiger partial charge in [-0.2, -0.15) is 0 Å². The summed E-state index contributed by atoms with van der Waals surface area (Å²) in [5.74, 6) is -0.142. The highest BCUT2D eigenvalue weighted by atomic mass is 32.2. The van der Waals surface area contributed by atoms with Crippen LogP contribution < -0.4 is 4.31 Å². The van der Waals surface area contributed by atoms with Gasteiger partial charge in [0.1, 0.15) is 6.54 Å². The van der Waals surface area contributed by atoms with Crippen LogP contribution in [0.4, 0.5) is 5.69 Å². The second kappa shape index (κ2) is 7.53. The van der Waals surface area contributed by atoms with Gasteiger partial charge < -0.3 is 9.80 Å². The van der Waals surface area contributed by atoms with Gasteiger partial charge >= 0.3 is 0 Å². The lowest BCUT2D eigenvalue weighted by molar-refractivity contribution is -0.131. The Balaban J connectivity index is 2.19. The van der Waals surface area contributed by atoms with Crippen LogP contribution >= 0.6 is 0 Å². The van der Waals surface area contributed by atoms with Crippen molar-refractivity contribution in [1.82, 2.24) is 9.80 Å². The summed E-state index contributed by atoms with van der Waals surface area (Å²) in [5.41, 5.74) is 2.39. The average Bonchev–Trinajstić information content (AvgIpc) is 2.54. The first-order chi connectivity index (χ1) is 11.2. The first kappa shape index (κ1) is 18.7. The fourth-order valence-electron chi connectivity index (χ4n) is 2.91. The maximum atomic E-state index is 12.6. The Labute approximate surface area is 145 Å². The van der Waals surface area contributed by atoms with E-state index in [1.807, 2.05) is 32.0 Å². The Bertz CT molecular complexity index is 695. The largest absolute Gasteiger partial charge is 0.339 e. The molecule has 0 aliphatic carbocycles. The molecule has 0 spiro atoms. The summed E-state index contributed by atoms with van der Waals surface area (Å²) in [6.45, 7) is 9.68. The molecule has 134 valence electrons. The van der Waals surface area contributed by atoms with E-state index in [2.05, 4.69) is 11.8 Å². The van der Waals surface area contributed by atoms with Crippen molar-refractivity contribution in [3.8, 4) is 0 Å². The van der Waals surface area contributed by atoms with Gasteiger partial charge in [-0.05, 0) is 37.6 Å². The highest BCUT2D eigenvalue weighted by Crippen LogP contribution is 2.24. The molecule has 0 saturated carbocycles. The summed E-state index contributed by atoms with van der Waals surface area (Å²) in [6.07, 6.45) is 1.15. The third-order valence-corrected chi connectivity index (χ3v) is 5.61. The van der Waals surface area contributed by atoms with Crippen molar-refractivity contribution in [3.05, 3.63) is 29.3 Å². The Hall–Kier alpha value is -1.60. The van der Waals surface area contributed by atoms with Gasteiger partial charge in [-0.1, -0.05) is 19.1 Å². The Morgan fingerprint density at radius 3 is 2.33 bits per heavy atom. The van der Waals surface area contributed by atoms with Gasteiger partial charge in [-0.3, -0.25) is 9.10 Å². The van der Waals surface area contributed by atoms with Gasteiger partial charge in [-0.25, -0.2) is 8.42 Å². The second-order valence-corrected chi connectivity index (χ2v) is 8.28. The number of amides is 1. The standard InChI is InChI=1S/C17H27N3O3S/c1-5-18-8-10-19(11-9-18)17(21)13-20(24(4,22)23)16-12-14(2)6-7-15(16)3/h6-7,12H,5,8-11,13H2,1-4H3. The van der Waals surface area contributed by atoms with E-state index in [-0.39, 0.29) is 12.5 Å². The molecule has 1 fully saturated rings. The molecule has 0 aromatic heterocycles. The van der Waals surface area contributed by atoms with E-state index in [1.165, 1.54) is 4.31 Å². The first-order valence-corrected chi connectivity index (χ1v) is 10.1. The van der Waals surface area contributed by atoms with E-state index < -0.39 is 10.0 Å². The molecule has 0 bridgehead atoms. The zero-order chi connectivity index (χ0) is 17.9. The lowest BCUT2D eigenvalue weighted by Crippen LogP contribution is -2.51. The Morgan fingerprint density at radius 1 is 1.17 bits per heavy atom. The van der Waals surface area contributed by atoms with Crippen molar-refractivity contribution in [1.29, 1.82) is 0 Å². The molecule has 0 unspecified atom stereocenters. The van der Waals surface area contributed by atoms with E-state index in [0.29, 0.717) is 18.8 Å². The van der Waals surface area contributed by atoms with Crippen LogP contribution in [0.25, 0.3) is 0 Å². The highest BCUT2D eigenvalue weighted by molar-refractivity contribution is 7.92. The summed E-state index contributed by atoms with van der Waals surface area (Å²) in [4.78, 5) is 16.7. The molecule has 1 saturated heterocycles. The number of piperazine rings is 1. The van der Waals surface area contributed by atoms with Crippen LogP contribution in [0.2, 0.25) is 0 Å². The number of aryl methyl sites for hydroxylation is 2. The van der Waals surface area contributed by atoms with Crippen LogP contribution in [0.1, 0.15) is 18.1 Å². The van der Waals surface area contributed by atoms with Gasteiger partial charge in [0.25, 0.3) is 0 Å². The molecule has 7 heteroatoms. The third-order valence-electron chi connectivity index (χ3n) is 4.48. The predicted octanol–water partition coefficient (Wildman–Crippen LogP) is 1.23. The number of anilines is 1. The Morgan fingerprint density at radius 2 is 1.79 bits per heavy atom. The van der Waals surface area contributed by atoms with Crippen molar-refractivity contribution in [2.45, 2.75) is 20.8 Å². The normalized spacial score (nSPS) is 16.2. The minimum atomic E-state index is -3.53. The summed E-state index contributed by atoms with van der Waals surface area (Å²) in [7, 11) is -3.53. The number of carbonyl (C=O) groups is 1. The number of likely N-dealkylation sites (N-methyl/N-ethyl adjacent to an activating group) is 1. The molecule has 6 nitrogen and oxygen atoms in total. The van der Waals surface area contributed by atoms with Crippen molar-refractivity contribution < 1.29 is 13.2 Å². The minimum absolute atomic E-state index is 0.142. The molecule has 24 heavy (non-hydrogen) atoms. The van der Waals surface area contributed by atoms with Gasteiger partial charge in [0.15, 0.2) is 0 Å². The van der Waals surface area contributed by atoms with E-state index >= 15 is 0 Å². The smallest absolute Gasteiger partial charge is 0.243 e. The lowest BCUT2D eigenvalue weighted by atomic mass is 10.1. The summed E-state index contributed by atoms with van der Waals surface area (Å²) >= 11 is 0. The minimum Gasteiger partial charge on any atom is -0.339 e. The zero-order valence-electron chi connectivity index (χ0n) is 14.9. The molecule has 1 heterocycles. The summed E-state index contributed by atoms with van der Waals surface area (Å²) in [5, 5.41) is 0. The number of nitrogens with zero attached hydrogens (tertiary/aromatic N) is 3. The maximum Gasteiger partial charge on any atom is 0.243 e. The molecular weight excluding hydrogens is 326 g/mol. The molecule has 0 atom stereocenters. The molecule has 1 aliphatic rings. The van der Waals surface area contributed by atoms with Gasteiger partial charge in [0.05, 0.1) is 11.9 Å². The fraction of sp³-hybridized carbons (Fsp3) is 0.588. The number of sulfonamides is 1. The average molecular weight is 353 g/mol. The Kier molecular flexibility index (Phi) is 5.87. The van der Waals surface area contributed by atoms with Crippen molar-refractivity contribution in [2.75, 3.05) is 49.8 Å². The summed E-state index contributed by atoms with van der Waals surface area (Å²) < 4.78 is 25.7. The van der Waals surface area contributed by atoms with Crippen LogP contribution in [-0.2, 0) is 14.8 Å². The van der Waals surface area contributed by atoms with Gasteiger partial charge in [-0.15, -0.1) is 0 Å². The van der Waals surface area contributed by atoms with E-state index in [9.17, 15) is 13.2 Å². The predicted molar refractivity (Wildman–Crippen MR) is 96.8 cm³/mol. The van der Waals surface area contributed by atoms with Crippen LogP contribution in [0.15, 0.2) is 18.2 Å². The van der Waals surface area contributed by atoms with Crippen LogP contribution in [0.3, 0.4) is 0 Å². The third kappa shape index (κ3) is 4.48. The number of rotatable bonds is 5. The maximum absolute atomic E-state index is 12.6. The van der Waals surface area contributed by atoms with Gasteiger partial charge in [0.2, 0.25) is 15.9 Å². The van der Waals surface area contributed by atoms with E-state index in [4.69, 9.17) is 0 Å². The van der Waals surface area contributed by atoms with Crippen molar-refractivity contribution in [2.24, 2.45) is 0 Å². The monoisotopic (exact) mass is 353 g/mol. The summed E-state index contributed by atoms with van der Waals surface area (Å²) in [6, 6.07) is 5.64. The van der Waals surface area contributed by atoms with Gasteiger partial charge in [0, 0.05) is 26.2 Å². The molecule has 1 aliphatic heterocycles. The van der Waals surface area contributed by atoms with Crippen LogP contribution in [0.5, 0.6) is 0 Å². The fourth-order valence-corrected chi connectivity index (χ4v) is 3.80. The van der Waals surface area contributed by atoms with E-state index in [1.54, 1.807) is 4.90 Å². The van der Waals surface area contributed by atoms with Crippen LogP contribution in [-0.4, -0.2) is 69.6 Å². The lowest BCUT2D eigenvalue weighted by Gasteiger charge is -2.35. The molecule has 0 radical (unpaired) electrons. The molecule has 2 rings (SSSR count). The zero-order valence-corrected chi connectivity index (χ0v) is 15.8. The molecule has 1 aromatic carbocycles.